The zero-order chi connectivity index (χ0) is 33.2. The number of carbonyl (C=O) groups is 1. The summed E-state index contributed by atoms with van der Waals surface area (Å²) in [7, 11) is 0. The van der Waals surface area contributed by atoms with Crippen molar-refractivity contribution >= 4 is 11.6 Å². The number of aromatic amines is 1. The summed E-state index contributed by atoms with van der Waals surface area (Å²) in [5.74, 6) is 1.11. The Bertz CT molecular complexity index is 2180. The van der Waals surface area contributed by atoms with Crippen LogP contribution in [0.2, 0.25) is 0 Å². The largest absolute Gasteiger partial charge is 0.490 e. The Morgan fingerprint density at radius 1 is 0.958 bits per heavy atom. The SMILES string of the molecule is CCCc1c(Cc2ccc(-c3ccccc3-c3noc(=O)[nH]3)cc2)c(=O)n(C2CCC(Oc3ccc(C(C)=O)cc3)CC2)c2ncnn12. The molecule has 1 saturated carbocycles. The van der Waals surface area contributed by atoms with E-state index in [-0.39, 0.29) is 23.5 Å². The van der Waals surface area contributed by atoms with Crippen LogP contribution in [0.1, 0.15) is 79.2 Å². The van der Waals surface area contributed by atoms with Gasteiger partial charge in [0.25, 0.3) is 5.56 Å². The van der Waals surface area contributed by atoms with Crippen LogP contribution in [-0.4, -0.2) is 41.2 Å². The second kappa shape index (κ2) is 13.3. The lowest BCUT2D eigenvalue weighted by Gasteiger charge is -2.31. The van der Waals surface area contributed by atoms with Gasteiger partial charge in [-0.1, -0.05) is 67.0 Å². The number of fused-ring (bicyclic) bond motifs is 1. The molecule has 0 spiro atoms. The minimum Gasteiger partial charge on any atom is -0.490 e. The molecule has 0 unspecified atom stereocenters. The van der Waals surface area contributed by atoms with Crippen LogP contribution in [0.5, 0.6) is 5.75 Å². The molecule has 3 heterocycles. The number of nitrogens with zero attached hydrogens (tertiary/aromatic N) is 5. The lowest BCUT2D eigenvalue weighted by atomic mass is 9.92. The number of hydrogen-bond acceptors (Lipinski definition) is 8. The van der Waals surface area contributed by atoms with Crippen LogP contribution in [-0.2, 0) is 12.8 Å². The third-order valence-electron chi connectivity index (χ3n) is 9.15. The van der Waals surface area contributed by atoms with Crippen molar-refractivity contribution in [1.82, 2.24) is 29.3 Å². The number of hydrogen-bond donors (Lipinski definition) is 1. The molecule has 1 fully saturated rings. The number of H-pyrrole nitrogens is 1. The number of ketones is 1. The third kappa shape index (κ3) is 6.11. The Labute approximate surface area is 276 Å². The highest BCUT2D eigenvalue weighted by Gasteiger charge is 2.28. The van der Waals surface area contributed by atoms with E-state index >= 15 is 0 Å². The van der Waals surface area contributed by atoms with Crippen molar-refractivity contribution in [1.29, 1.82) is 0 Å². The average Bonchev–Trinajstić information content (AvgIpc) is 3.77. The van der Waals surface area contributed by atoms with Crippen molar-refractivity contribution in [3.05, 3.63) is 122 Å². The minimum absolute atomic E-state index is 0.0208. The van der Waals surface area contributed by atoms with E-state index in [0.29, 0.717) is 30.0 Å². The van der Waals surface area contributed by atoms with Crippen molar-refractivity contribution in [2.75, 3.05) is 0 Å². The summed E-state index contributed by atoms with van der Waals surface area (Å²) < 4.78 is 14.7. The van der Waals surface area contributed by atoms with Gasteiger partial charge in [0.15, 0.2) is 11.6 Å². The fourth-order valence-corrected chi connectivity index (χ4v) is 6.75. The van der Waals surface area contributed by atoms with E-state index in [1.54, 1.807) is 19.1 Å². The first-order valence-corrected chi connectivity index (χ1v) is 16.4. The van der Waals surface area contributed by atoms with Crippen molar-refractivity contribution in [3.8, 4) is 28.3 Å². The van der Waals surface area contributed by atoms with Gasteiger partial charge in [0.1, 0.15) is 12.1 Å². The summed E-state index contributed by atoms with van der Waals surface area (Å²) in [6, 6.07) is 23.0. The second-order valence-electron chi connectivity index (χ2n) is 12.3. The van der Waals surface area contributed by atoms with Crippen molar-refractivity contribution in [3.63, 3.8) is 0 Å². The van der Waals surface area contributed by atoms with Crippen LogP contribution >= 0.6 is 0 Å². The highest BCUT2D eigenvalue weighted by Crippen LogP contribution is 2.33. The molecule has 3 aromatic heterocycles. The number of carbonyl (C=O) groups excluding carboxylic acids is 1. The molecule has 244 valence electrons. The van der Waals surface area contributed by atoms with Gasteiger partial charge >= 0.3 is 5.76 Å². The monoisotopic (exact) mass is 644 g/mol. The number of ether oxygens (including phenoxy) is 1. The summed E-state index contributed by atoms with van der Waals surface area (Å²) >= 11 is 0. The molecule has 48 heavy (non-hydrogen) atoms. The summed E-state index contributed by atoms with van der Waals surface area (Å²) in [5.41, 5.74) is 5.87. The number of rotatable bonds is 10. The van der Waals surface area contributed by atoms with Crippen molar-refractivity contribution < 1.29 is 14.1 Å². The molecular formula is C37H36N6O5. The molecular weight excluding hydrogens is 608 g/mol. The summed E-state index contributed by atoms with van der Waals surface area (Å²) in [6.45, 7) is 3.65. The van der Waals surface area contributed by atoms with Gasteiger partial charge in [-0.2, -0.15) is 10.1 Å². The van der Waals surface area contributed by atoms with Gasteiger partial charge in [-0.3, -0.25) is 23.7 Å². The molecule has 11 nitrogen and oxygen atoms in total. The molecule has 11 heteroatoms. The van der Waals surface area contributed by atoms with Crippen LogP contribution in [0.15, 0.2) is 93.2 Å². The first kappa shape index (κ1) is 31.0. The third-order valence-corrected chi connectivity index (χ3v) is 9.15. The van der Waals surface area contributed by atoms with Crippen LogP contribution in [0, 0.1) is 0 Å². The van der Waals surface area contributed by atoms with Gasteiger partial charge < -0.3 is 4.74 Å². The Hall–Kier alpha value is -5.58. The number of aryl methyl sites for hydroxylation is 1. The summed E-state index contributed by atoms with van der Waals surface area (Å²) in [6.07, 6.45) is 6.72. The maximum atomic E-state index is 14.4. The standard InChI is InChI=1S/C37H36N6O5/c1-3-6-33-32(21-24-9-11-26(12-10-24)30-7-4-5-8-31(30)34-40-37(46)48-41-34)35(45)42(36-38-22-39-43(33)36)27-15-19-29(20-16-27)47-28-17-13-25(14-18-28)23(2)44/h4-5,7-14,17-18,22,27,29H,3,6,15-16,19-21H2,1-2H3,(H,40,41,46). The fourth-order valence-electron chi connectivity index (χ4n) is 6.75. The van der Waals surface area contributed by atoms with E-state index in [9.17, 15) is 14.4 Å². The van der Waals surface area contributed by atoms with Crippen molar-refractivity contribution in [2.45, 2.75) is 70.9 Å². The molecule has 1 aliphatic carbocycles. The minimum atomic E-state index is -0.605. The number of aromatic nitrogens is 6. The van der Waals surface area contributed by atoms with Crippen LogP contribution in [0.4, 0.5) is 0 Å². The molecule has 0 amide bonds. The summed E-state index contributed by atoms with van der Waals surface area (Å²) in [5, 5.41) is 8.45. The van der Waals surface area contributed by atoms with E-state index in [1.807, 2.05) is 69.7 Å². The zero-order valence-corrected chi connectivity index (χ0v) is 26.9. The second-order valence-corrected chi connectivity index (χ2v) is 12.3. The van der Waals surface area contributed by atoms with Gasteiger partial charge in [0.05, 0.1) is 11.8 Å². The van der Waals surface area contributed by atoms with E-state index < -0.39 is 5.76 Å². The number of Topliss-reactive ketones (excluding diaryl/α,β-unsaturated/α-hetero) is 1. The Morgan fingerprint density at radius 2 is 1.69 bits per heavy atom. The van der Waals surface area contributed by atoms with Gasteiger partial charge in [0, 0.05) is 29.2 Å². The smallest absolute Gasteiger partial charge is 0.439 e. The Morgan fingerprint density at radius 3 is 2.35 bits per heavy atom. The van der Waals surface area contributed by atoms with Crippen LogP contribution in [0.3, 0.4) is 0 Å². The topological polar surface area (TPSA) is 137 Å². The van der Waals surface area contributed by atoms with Crippen LogP contribution in [0.25, 0.3) is 28.3 Å². The highest BCUT2D eigenvalue weighted by molar-refractivity contribution is 5.94. The lowest BCUT2D eigenvalue weighted by molar-refractivity contribution is 0.101. The molecule has 0 saturated heterocycles. The van der Waals surface area contributed by atoms with Gasteiger partial charge in [-0.05, 0) is 80.0 Å². The van der Waals surface area contributed by atoms with E-state index in [4.69, 9.17) is 9.26 Å². The molecule has 0 radical (unpaired) electrons. The maximum absolute atomic E-state index is 14.4. The molecule has 7 rings (SSSR count). The predicted octanol–water partition coefficient (Wildman–Crippen LogP) is 6.21. The van der Waals surface area contributed by atoms with E-state index in [1.165, 1.54) is 6.33 Å². The Balaban J connectivity index is 1.15. The molecule has 1 aliphatic rings. The maximum Gasteiger partial charge on any atom is 0.439 e. The highest BCUT2D eigenvalue weighted by atomic mass is 16.5. The number of nitrogens with one attached hydrogen (secondary N) is 1. The molecule has 0 atom stereocenters. The quantitative estimate of drug-likeness (QED) is 0.174. The first-order chi connectivity index (χ1) is 23.4. The average molecular weight is 645 g/mol. The molecule has 0 aliphatic heterocycles. The zero-order valence-electron chi connectivity index (χ0n) is 26.9. The predicted molar refractivity (Wildman–Crippen MR) is 180 cm³/mol. The lowest BCUT2D eigenvalue weighted by Crippen LogP contribution is -2.35. The first-order valence-electron chi connectivity index (χ1n) is 16.4. The molecule has 0 bridgehead atoms. The van der Waals surface area contributed by atoms with E-state index in [2.05, 4.69) is 27.1 Å². The molecule has 6 aromatic rings. The van der Waals surface area contributed by atoms with Crippen molar-refractivity contribution in [2.24, 2.45) is 0 Å². The number of benzene rings is 3. The fraction of sp³-hybridized carbons (Fsp3) is 0.297. The normalized spacial score (nSPS) is 16.3. The van der Waals surface area contributed by atoms with Gasteiger partial charge in [-0.25, -0.2) is 9.31 Å². The molecule has 1 N–H and O–H groups in total. The van der Waals surface area contributed by atoms with E-state index in [0.717, 1.165) is 71.4 Å². The van der Waals surface area contributed by atoms with Gasteiger partial charge in [0.2, 0.25) is 5.78 Å². The Kier molecular flexibility index (Phi) is 8.58. The van der Waals surface area contributed by atoms with Crippen LogP contribution < -0.4 is 16.1 Å². The summed E-state index contributed by atoms with van der Waals surface area (Å²) in [4.78, 5) is 44.8. The van der Waals surface area contributed by atoms with Gasteiger partial charge in [-0.15, -0.1) is 0 Å². The molecule has 3 aromatic carbocycles.